The van der Waals surface area contributed by atoms with Crippen LogP contribution in [-0.2, 0) is 16.1 Å². The van der Waals surface area contributed by atoms with Crippen LogP contribution in [0.15, 0.2) is 42.5 Å². The third-order valence-corrected chi connectivity index (χ3v) is 6.66. The van der Waals surface area contributed by atoms with Gasteiger partial charge in [0.15, 0.2) is 0 Å². The van der Waals surface area contributed by atoms with Crippen LogP contribution in [0.5, 0.6) is 0 Å². The fourth-order valence-electron chi connectivity index (χ4n) is 4.15. The lowest BCUT2D eigenvalue weighted by atomic mass is 10.1. The van der Waals surface area contributed by atoms with E-state index >= 15 is 0 Å². The zero-order valence-electron chi connectivity index (χ0n) is 20.7. The average Bonchev–Trinajstić information content (AvgIpc) is 3.08. The van der Waals surface area contributed by atoms with E-state index in [2.05, 4.69) is 5.32 Å². The maximum Gasteiger partial charge on any atom is 0.261 e. The van der Waals surface area contributed by atoms with Gasteiger partial charge in [-0.1, -0.05) is 62.2 Å². The van der Waals surface area contributed by atoms with Gasteiger partial charge in [-0.2, -0.15) is 0 Å². The molecule has 0 saturated carbocycles. The monoisotopic (exact) mass is 531 g/mol. The molecule has 1 atom stereocenters. The van der Waals surface area contributed by atoms with Crippen molar-refractivity contribution in [3.63, 3.8) is 0 Å². The average molecular weight is 532 g/mol. The smallest absolute Gasteiger partial charge is 0.261 e. The van der Waals surface area contributed by atoms with E-state index in [9.17, 15) is 19.2 Å². The highest BCUT2D eigenvalue weighted by Crippen LogP contribution is 2.25. The molecule has 2 aromatic rings. The quantitative estimate of drug-likeness (QED) is 0.415. The highest BCUT2D eigenvalue weighted by Gasteiger charge is 2.35. The van der Waals surface area contributed by atoms with Crippen LogP contribution < -0.4 is 5.32 Å². The Balaban J connectivity index is 1.73. The minimum atomic E-state index is -0.692. The van der Waals surface area contributed by atoms with E-state index in [0.717, 1.165) is 0 Å². The number of halogens is 2. The van der Waals surface area contributed by atoms with E-state index in [1.807, 2.05) is 20.8 Å². The molecule has 1 heterocycles. The van der Waals surface area contributed by atoms with Crippen molar-refractivity contribution in [1.82, 2.24) is 15.1 Å². The lowest BCUT2D eigenvalue weighted by Gasteiger charge is -2.31. The van der Waals surface area contributed by atoms with Crippen LogP contribution in [0.2, 0.25) is 10.0 Å². The van der Waals surface area contributed by atoms with Crippen molar-refractivity contribution >= 4 is 46.8 Å². The number of carbonyl (C=O) groups is 4. The Bertz CT molecular complexity index is 1120. The van der Waals surface area contributed by atoms with E-state index in [4.69, 9.17) is 23.2 Å². The second kappa shape index (κ2) is 12.4. The van der Waals surface area contributed by atoms with Gasteiger partial charge in [-0.25, -0.2) is 0 Å². The van der Waals surface area contributed by atoms with Crippen molar-refractivity contribution in [2.45, 2.75) is 52.6 Å². The first kappa shape index (κ1) is 27.7. The predicted molar refractivity (Wildman–Crippen MR) is 140 cm³/mol. The lowest BCUT2D eigenvalue weighted by molar-refractivity contribution is -0.141. The summed E-state index contributed by atoms with van der Waals surface area (Å²) >= 11 is 12.4. The lowest BCUT2D eigenvalue weighted by Crippen LogP contribution is -2.49. The Morgan fingerprint density at radius 2 is 1.67 bits per heavy atom. The largest absolute Gasteiger partial charge is 0.354 e. The number of carbonyl (C=O) groups excluding carboxylic acids is 4. The summed E-state index contributed by atoms with van der Waals surface area (Å²) in [7, 11) is 0. The summed E-state index contributed by atoms with van der Waals surface area (Å²) in [6.07, 6.45) is 0.755. The number of nitrogens with zero attached hydrogens (tertiary/aromatic N) is 2. The molecule has 192 valence electrons. The fourth-order valence-corrected chi connectivity index (χ4v) is 4.62. The molecule has 1 aliphatic heterocycles. The molecule has 2 aromatic carbocycles. The van der Waals surface area contributed by atoms with Gasteiger partial charge in [-0.05, 0) is 48.6 Å². The summed E-state index contributed by atoms with van der Waals surface area (Å²) in [5.41, 5.74) is 1.42. The summed E-state index contributed by atoms with van der Waals surface area (Å²) in [5, 5.41) is 3.80. The van der Waals surface area contributed by atoms with Crippen molar-refractivity contribution in [3.05, 3.63) is 69.2 Å². The summed E-state index contributed by atoms with van der Waals surface area (Å²) in [6, 6.07) is 11.0. The number of imide groups is 1. The molecular formula is C27H31Cl2N3O4. The Morgan fingerprint density at radius 3 is 2.22 bits per heavy atom. The Morgan fingerprint density at radius 1 is 1.03 bits per heavy atom. The Hall–Kier alpha value is -2.90. The van der Waals surface area contributed by atoms with Crippen molar-refractivity contribution in [2.75, 3.05) is 13.1 Å². The molecule has 0 aliphatic carbocycles. The number of fused-ring (bicyclic) bond motifs is 1. The number of nitrogens with one attached hydrogen (secondary N) is 1. The van der Waals surface area contributed by atoms with E-state index in [-0.39, 0.29) is 55.5 Å². The van der Waals surface area contributed by atoms with Crippen molar-refractivity contribution < 1.29 is 19.2 Å². The molecule has 4 amide bonds. The van der Waals surface area contributed by atoms with Crippen LogP contribution >= 0.6 is 23.2 Å². The summed E-state index contributed by atoms with van der Waals surface area (Å²) in [6.45, 7) is 6.59. The molecule has 1 N–H and O–H groups in total. The second-order valence-corrected chi connectivity index (χ2v) is 10.1. The third kappa shape index (κ3) is 6.45. The first-order valence-corrected chi connectivity index (χ1v) is 12.9. The molecule has 1 aliphatic rings. The number of hydrogen-bond donors (Lipinski definition) is 1. The van der Waals surface area contributed by atoms with Crippen molar-refractivity contribution in [2.24, 2.45) is 5.92 Å². The molecule has 0 bridgehead atoms. The van der Waals surface area contributed by atoms with E-state index in [1.165, 1.54) is 9.80 Å². The van der Waals surface area contributed by atoms with Gasteiger partial charge >= 0.3 is 0 Å². The highest BCUT2D eigenvalue weighted by atomic mass is 35.5. The Labute approximate surface area is 221 Å². The molecule has 0 radical (unpaired) electrons. The van der Waals surface area contributed by atoms with Gasteiger partial charge in [-0.15, -0.1) is 0 Å². The number of hydrogen-bond acceptors (Lipinski definition) is 4. The molecule has 0 aromatic heterocycles. The van der Waals surface area contributed by atoms with Crippen LogP contribution in [0.25, 0.3) is 0 Å². The van der Waals surface area contributed by atoms with Crippen LogP contribution in [-0.4, -0.2) is 52.6 Å². The molecule has 0 spiro atoms. The van der Waals surface area contributed by atoms with Crippen LogP contribution in [0.4, 0.5) is 0 Å². The van der Waals surface area contributed by atoms with Gasteiger partial charge in [0.2, 0.25) is 11.8 Å². The maximum atomic E-state index is 13.4. The van der Waals surface area contributed by atoms with E-state index in [1.54, 1.807) is 42.5 Å². The predicted octanol–water partition coefficient (Wildman–Crippen LogP) is 4.95. The topological polar surface area (TPSA) is 86.8 Å². The minimum Gasteiger partial charge on any atom is -0.354 e. The van der Waals surface area contributed by atoms with Gasteiger partial charge in [0, 0.05) is 36.1 Å². The van der Waals surface area contributed by atoms with Crippen LogP contribution in [0.3, 0.4) is 0 Å². The number of rotatable bonds is 11. The number of benzene rings is 2. The fraction of sp³-hybridized carbons (Fsp3) is 0.407. The van der Waals surface area contributed by atoms with Crippen LogP contribution in [0, 0.1) is 5.92 Å². The molecular weight excluding hydrogens is 501 g/mol. The van der Waals surface area contributed by atoms with Gasteiger partial charge in [-0.3, -0.25) is 24.1 Å². The summed E-state index contributed by atoms with van der Waals surface area (Å²) in [5.74, 6) is -0.935. The van der Waals surface area contributed by atoms with E-state index < -0.39 is 6.04 Å². The van der Waals surface area contributed by atoms with Crippen molar-refractivity contribution in [1.29, 1.82) is 0 Å². The molecule has 7 nitrogen and oxygen atoms in total. The van der Waals surface area contributed by atoms with E-state index in [0.29, 0.717) is 39.7 Å². The van der Waals surface area contributed by atoms with Gasteiger partial charge in [0.1, 0.15) is 6.04 Å². The number of amides is 4. The standard InChI is InChI=1S/C27H31Cl2N3O4/c1-4-23(25(34)30-15-17(2)3)32(16-18-11-12-19(28)14-22(18)29)24(33)10-7-13-31-26(35)20-8-5-6-9-21(20)27(31)36/h5-6,8-9,11-12,14,17,23H,4,7,10,13,15-16H2,1-3H3,(H,30,34)/t23-/m0/s1. The second-order valence-electron chi connectivity index (χ2n) is 9.23. The summed E-state index contributed by atoms with van der Waals surface area (Å²) < 4.78 is 0. The molecule has 0 fully saturated rings. The highest BCUT2D eigenvalue weighted by molar-refractivity contribution is 6.35. The first-order valence-electron chi connectivity index (χ1n) is 12.1. The first-order chi connectivity index (χ1) is 17.1. The molecule has 0 unspecified atom stereocenters. The summed E-state index contributed by atoms with van der Waals surface area (Å²) in [4.78, 5) is 54.3. The zero-order chi connectivity index (χ0) is 26.4. The Kier molecular flexibility index (Phi) is 9.51. The maximum absolute atomic E-state index is 13.4. The zero-order valence-corrected chi connectivity index (χ0v) is 22.2. The minimum absolute atomic E-state index is 0.0621. The third-order valence-electron chi connectivity index (χ3n) is 6.08. The molecule has 0 saturated heterocycles. The SMILES string of the molecule is CC[C@@H](C(=O)NCC(C)C)N(Cc1ccc(Cl)cc1Cl)C(=O)CCCN1C(=O)c2ccccc2C1=O. The van der Waals surface area contributed by atoms with Gasteiger partial charge in [0.25, 0.3) is 11.8 Å². The molecule has 36 heavy (non-hydrogen) atoms. The van der Waals surface area contributed by atoms with Gasteiger partial charge in [0.05, 0.1) is 11.1 Å². The van der Waals surface area contributed by atoms with Crippen LogP contribution in [0.1, 0.15) is 66.3 Å². The van der Waals surface area contributed by atoms with Gasteiger partial charge < -0.3 is 10.2 Å². The molecule has 9 heteroatoms. The molecule has 3 rings (SSSR count). The normalized spacial score (nSPS) is 13.7. The van der Waals surface area contributed by atoms with Crippen molar-refractivity contribution in [3.8, 4) is 0 Å².